The molecule has 0 spiro atoms. The first-order chi connectivity index (χ1) is 9.56. The van der Waals surface area contributed by atoms with Gasteiger partial charge in [-0.05, 0) is 65.2 Å². The van der Waals surface area contributed by atoms with Gasteiger partial charge in [-0.3, -0.25) is 0 Å². The van der Waals surface area contributed by atoms with Crippen LogP contribution in [0.5, 0.6) is 0 Å². The molecule has 0 aromatic heterocycles. The number of hydrogen-bond donors (Lipinski definition) is 2. The van der Waals surface area contributed by atoms with Crippen molar-refractivity contribution in [1.82, 2.24) is 10.6 Å². The van der Waals surface area contributed by atoms with Crippen LogP contribution in [0.1, 0.15) is 59.1 Å². The fourth-order valence-corrected chi connectivity index (χ4v) is 3.72. The van der Waals surface area contributed by atoms with Gasteiger partial charge < -0.3 is 10.6 Å². The number of piperidine rings is 1. The highest BCUT2D eigenvalue weighted by atomic mass is 19.1. The first kappa shape index (κ1) is 16.4. The summed E-state index contributed by atoms with van der Waals surface area (Å²) in [5.74, 6) is -1.05. The van der Waals surface area contributed by atoms with Crippen LogP contribution in [0.4, 0.5) is 8.78 Å². The lowest BCUT2D eigenvalue weighted by atomic mass is 9.79. The van der Waals surface area contributed by atoms with Gasteiger partial charge in [0.15, 0.2) is 0 Å². The Bertz CT molecular complexity index is 475. The maximum Gasteiger partial charge on any atom is 0.126 e. The van der Waals surface area contributed by atoms with Gasteiger partial charge in [-0.25, -0.2) is 8.78 Å². The van der Waals surface area contributed by atoms with Crippen molar-refractivity contribution in [3.8, 4) is 0 Å². The minimum absolute atomic E-state index is 0.0479. The van der Waals surface area contributed by atoms with Gasteiger partial charge in [0, 0.05) is 29.2 Å². The van der Waals surface area contributed by atoms with E-state index in [-0.39, 0.29) is 17.1 Å². The maximum absolute atomic E-state index is 13.3. The topological polar surface area (TPSA) is 24.1 Å². The van der Waals surface area contributed by atoms with Crippen molar-refractivity contribution in [2.75, 3.05) is 0 Å². The average molecular weight is 296 g/mol. The molecule has 0 saturated carbocycles. The zero-order chi connectivity index (χ0) is 15.8. The van der Waals surface area contributed by atoms with Crippen molar-refractivity contribution in [2.45, 2.75) is 70.6 Å². The molecule has 2 rings (SSSR count). The van der Waals surface area contributed by atoms with Gasteiger partial charge in [0.05, 0.1) is 0 Å². The first-order valence-electron chi connectivity index (χ1n) is 7.58. The number of benzene rings is 1. The van der Waals surface area contributed by atoms with E-state index in [1.54, 1.807) is 0 Å². The minimum Gasteiger partial charge on any atom is -0.307 e. The zero-order valence-electron chi connectivity index (χ0n) is 13.6. The number of hydrogen-bond acceptors (Lipinski definition) is 2. The lowest BCUT2D eigenvalue weighted by Gasteiger charge is -2.47. The van der Waals surface area contributed by atoms with E-state index >= 15 is 0 Å². The third kappa shape index (κ3) is 4.48. The summed E-state index contributed by atoms with van der Waals surface area (Å²) in [6.07, 6.45) is 1.97. The second-order valence-corrected chi connectivity index (χ2v) is 7.59. The van der Waals surface area contributed by atoms with Gasteiger partial charge in [0.1, 0.15) is 11.6 Å². The Hall–Kier alpha value is -1.00. The Kier molecular flexibility index (Phi) is 4.41. The monoisotopic (exact) mass is 296 g/mol. The fourth-order valence-electron chi connectivity index (χ4n) is 3.72. The number of nitrogens with one attached hydrogen (secondary N) is 2. The largest absolute Gasteiger partial charge is 0.307 e. The predicted molar refractivity (Wildman–Crippen MR) is 82.2 cm³/mol. The number of halogens is 2. The average Bonchev–Trinajstić information content (AvgIpc) is 2.22. The van der Waals surface area contributed by atoms with E-state index in [9.17, 15) is 8.78 Å². The highest BCUT2D eigenvalue weighted by molar-refractivity contribution is 5.21. The van der Waals surface area contributed by atoms with Crippen LogP contribution in [0.2, 0.25) is 0 Å². The molecule has 0 amide bonds. The molecule has 1 atom stereocenters. The van der Waals surface area contributed by atoms with Crippen molar-refractivity contribution in [3.05, 3.63) is 35.4 Å². The zero-order valence-corrected chi connectivity index (χ0v) is 13.6. The molecular weight excluding hydrogens is 270 g/mol. The highest BCUT2D eigenvalue weighted by Gasteiger charge is 2.37. The van der Waals surface area contributed by atoms with E-state index in [2.05, 4.69) is 38.3 Å². The Morgan fingerprint density at radius 3 is 2.00 bits per heavy atom. The molecule has 1 heterocycles. The lowest BCUT2D eigenvalue weighted by Crippen LogP contribution is -2.61. The van der Waals surface area contributed by atoms with E-state index in [4.69, 9.17) is 0 Å². The molecule has 1 saturated heterocycles. The van der Waals surface area contributed by atoms with Crippen LogP contribution in [0.25, 0.3) is 0 Å². The molecule has 1 aromatic carbocycles. The molecule has 0 aliphatic carbocycles. The Morgan fingerprint density at radius 2 is 1.52 bits per heavy atom. The molecule has 4 heteroatoms. The SMILES string of the molecule is CC(NC1CC(C)(C)NC(C)(C)C1)c1cc(F)cc(F)c1. The van der Waals surface area contributed by atoms with E-state index in [1.165, 1.54) is 12.1 Å². The summed E-state index contributed by atoms with van der Waals surface area (Å²) in [6, 6.07) is 3.95. The Morgan fingerprint density at radius 1 is 1.05 bits per heavy atom. The van der Waals surface area contributed by atoms with Crippen molar-refractivity contribution < 1.29 is 8.78 Å². The molecular formula is C17H26F2N2. The lowest BCUT2D eigenvalue weighted by molar-refractivity contribution is 0.141. The van der Waals surface area contributed by atoms with Crippen molar-refractivity contribution in [3.63, 3.8) is 0 Å². The summed E-state index contributed by atoms with van der Waals surface area (Å²) in [5.41, 5.74) is 0.750. The molecule has 118 valence electrons. The van der Waals surface area contributed by atoms with Crippen molar-refractivity contribution in [1.29, 1.82) is 0 Å². The highest BCUT2D eigenvalue weighted by Crippen LogP contribution is 2.30. The van der Waals surface area contributed by atoms with E-state index in [0.29, 0.717) is 11.6 Å². The normalized spacial score (nSPS) is 23.0. The first-order valence-corrected chi connectivity index (χ1v) is 7.58. The van der Waals surface area contributed by atoms with Crippen LogP contribution in [-0.4, -0.2) is 17.1 Å². The molecule has 1 aliphatic heterocycles. The van der Waals surface area contributed by atoms with Crippen LogP contribution < -0.4 is 10.6 Å². The molecule has 2 N–H and O–H groups in total. The molecule has 21 heavy (non-hydrogen) atoms. The van der Waals surface area contributed by atoms with Crippen LogP contribution >= 0.6 is 0 Å². The molecule has 1 aliphatic rings. The maximum atomic E-state index is 13.3. The summed E-state index contributed by atoms with van der Waals surface area (Å²) in [5, 5.41) is 7.16. The Labute approximate surface area is 126 Å². The van der Waals surface area contributed by atoms with E-state index < -0.39 is 11.6 Å². The standard InChI is InChI=1S/C17H26F2N2/c1-11(12-6-13(18)8-14(19)7-12)20-15-9-16(2,3)21-17(4,5)10-15/h6-8,11,15,20-21H,9-10H2,1-5H3. The van der Waals surface area contributed by atoms with Gasteiger partial charge in [-0.2, -0.15) is 0 Å². The second kappa shape index (κ2) is 5.65. The van der Waals surface area contributed by atoms with Gasteiger partial charge in [-0.1, -0.05) is 0 Å². The van der Waals surface area contributed by atoms with E-state index in [0.717, 1.165) is 18.9 Å². The van der Waals surface area contributed by atoms with Gasteiger partial charge in [0.25, 0.3) is 0 Å². The van der Waals surface area contributed by atoms with Gasteiger partial charge >= 0.3 is 0 Å². The third-order valence-electron chi connectivity index (χ3n) is 4.06. The second-order valence-electron chi connectivity index (χ2n) is 7.59. The molecule has 1 fully saturated rings. The molecule has 0 bridgehead atoms. The fraction of sp³-hybridized carbons (Fsp3) is 0.647. The van der Waals surface area contributed by atoms with Crippen LogP contribution in [0.3, 0.4) is 0 Å². The van der Waals surface area contributed by atoms with Crippen LogP contribution in [-0.2, 0) is 0 Å². The Balaban J connectivity index is 2.10. The molecule has 1 aromatic rings. The summed E-state index contributed by atoms with van der Waals surface area (Å²) in [4.78, 5) is 0. The smallest absolute Gasteiger partial charge is 0.126 e. The van der Waals surface area contributed by atoms with E-state index in [1.807, 2.05) is 6.92 Å². The number of rotatable bonds is 3. The molecule has 2 nitrogen and oxygen atoms in total. The summed E-state index contributed by atoms with van der Waals surface area (Å²) >= 11 is 0. The summed E-state index contributed by atoms with van der Waals surface area (Å²) in [6.45, 7) is 10.7. The predicted octanol–water partition coefficient (Wildman–Crippen LogP) is 3.92. The third-order valence-corrected chi connectivity index (χ3v) is 4.06. The summed E-state index contributed by atoms with van der Waals surface area (Å²) < 4.78 is 26.7. The van der Waals surface area contributed by atoms with Crippen molar-refractivity contribution in [2.24, 2.45) is 0 Å². The molecule has 0 radical (unpaired) electrons. The van der Waals surface area contributed by atoms with Crippen LogP contribution in [0.15, 0.2) is 18.2 Å². The minimum atomic E-state index is -0.523. The quantitative estimate of drug-likeness (QED) is 0.883. The van der Waals surface area contributed by atoms with Gasteiger partial charge in [-0.15, -0.1) is 0 Å². The molecule has 1 unspecified atom stereocenters. The summed E-state index contributed by atoms with van der Waals surface area (Å²) in [7, 11) is 0. The van der Waals surface area contributed by atoms with Gasteiger partial charge in [0.2, 0.25) is 0 Å². The van der Waals surface area contributed by atoms with Crippen molar-refractivity contribution >= 4 is 0 Å². The van der Waals surface area contributed by atoms with Crippen LogP contribution in [0, 0.1) is 11.6 Å².